The molecule has 4 rings (SSSR count). The van der Waals surface area contributed by atoms with Crippen LogP contribution in [0.3, 0.4) is 0 Å². The average Bonchev–Trinajstić information content (AvgIpc) is 3.17. The van der Waals surface area contributed by atoms with Gasteiger partial charge in [0.25, 0.3) is 0 Å². The third-order valence-electron chi connectivity index (χ3n) is 5.27. The van der Waals surface area contributed by atoms with Crippen molar-refractivity contribution in [3.63, 3.8) is 0 Å². The van der Waals surface area contributed by atoms with Gasteiger partial charge in [0.15, 0.2) is 11.0 Å². The zero-order valence-corrected chi connectivity index (χ0v) is 17.4. The zero-order valence-electron chi connectivity index (χ0n) is 16.6. The van der Waals surface area contributed by atoms with Crippen LogP contribution in [0.1, 0.15) is 26.2 Å². The Morgan fingerprint density at radius 3 is 2.37 bits per heavy atom. The molecule has 1 saturated heterocycles. The van der Waals surface area contributed by atoms with Crippen LogP contribution in [-0.4, -0.2) is 43.9 Å². The fourth-order valence-electron chi connectivity index (χ4n) is 3.65. The molecule has 2 aromatic carbocycles. The van der Waals surface area contributed by atoms with Gasteiger partial charge >= 0.3 is 0 Å². The molecule has 8 heteroatoms. The number of aromatic nitrogens is 3. The van der Waals surface area contributed by atoms with E-state index in [2.05, 4.69) is 17.1 Å². The normalized spacial score (nSPS) is 16.6. The van der Waals surface area contributed by atoms with Gasteiger partial charge in [0, 0.05) is 23.8 Å². The average molecular weight is 429 g/mol. The van der Waals surface area contributed by atoms with Crippen molar-refractivity contribution in [2.45, 2.75) is 37.4 Å². The first-order valence-electron chi connectivity index (χ1n) is 9.92. The van der Waals surface area contributed by atoms with Gasteiger partial charge in [-0.2, -0.15) is 0 Å². The summed E-state index contributed by atoms with van der Waals surface area (Å²) in [5.74, 6) is 0.126. The number of hydrogen-bond acceptors (Lipinski definition) is 4. The zero-order chi connectivity index (χ0) is 21.1. The molecule has 1 amide bonds. The molecule has 1 atom stereocenters. The van der Waals surface area contributed by atoms with Crippen molar-refractivity contribution in [3.8, 4) is 17.1 Å². The Balaban J connectivity index is 1.63. The lowest BCUT2D eigenvalue weighted by Crippen LogP contribution is -2.42. The van der Waals surface area contributed by atoms with E-state index in [1.165, 1.54) is 36.0 Å². The smallest absolute Gasteiger partial charge is 0.233 e. The van der Waals surface area contributed by atoms with Gasteiger partial charge in [0.05, 0.1) is 5.75 Å². The minimum Gasteiger partial charge on any atom is -0.339 e. The maximum absolute atomic E-state index is 13.5. The van der Waals surface area contributed by atoms with Crippen molar-refractivity contribution in [2.24, 2.45) is 0 Å². The van der Waals surface area contributed by atoms with E-state index in [9.17, 15) is 13.6 Å². The number of carbonyl (C=O) groups is 1. The Morgan fingerprint density at radius 2 is 1.70 bits per heavy atom. The quantitative estimate of drug-likeness (QED) is 0.553. The van der Waals surface area contributed by atoms with E-state index in [1.54, 1.807) is 28.8 Å². The van der Waals surface area contributed by atoms with Crippen molar-refractivity contribution in [1.82, 2.24) is 19.7 Å². The maximum atomic E-state index is 13.5. The van der Waals surface area contributed by atoms with Crippen LogP contribution in [0.2, 0.25) is 0 Å². The highest BCUT2D eigenvalue weighted by molar-refractivity contribution is 7.99. The standard InChI is InChI=1S/C22H22F2N4OS/c1-15-4-2-3-13-27(15)20(29)14-30-22-26-25-21(16-5-7-17(23)8-6-16)28(22)19-11-9-18(24)10-12-19/h5-12,15H,2-4,13-14H2,1H3. The Morgan fingerprint density at radius 1 is 1.03 bits per heavy atom. The Hall–Kier alpha value is -2.74. The minimum atomic E-state index is -0.348. The van der Waals surface area contributed by atoms with E-state index in [4.69, 9.17) is 0 Å². The van der Waals surface area contributed by atoms with Gasteiger partial charge in [-0.25, -0.2) is 8.78 Å². The van der Waals surface area contributed by atoms with Gasteiger partial charge in [-0.05, 0) is 74.7 Å². The van der Waals surface area contributed by atoms with Gasteiger partial charge < -0.3 is 4.90 Å². The molecule has 2 heterocycles. The number of likely N-dealkylation sites (tertiary alicyclic amines) is 1. The second-order valence-corrected chi connectivity index (χ2v) is 8.29. The van der Waals surface area contributed by atoms with E-state index in [0.717, 1.165) is 25.8 Å². The molecule has 1 aromatic heterocycles. The maximum Gasteiger partial charge on any atom is 0.233 e. The van der Waals surface area contributed by atoms with Crippen LogP contribution in [0, 0.1) is 11.6 Å². The van der Waals surface area contributed by atoms with Crippen molar-refractivity contribution in [1.29, 1.82) is 0 Å². The first-order chi connectivity index (χ1) is 14.5. The predicted octanol–water partition coefficient (Wildman–Crippen LogP) is 4.71. The summed E-state index contributed by atoms with van der Waals surface area (Å²) in [6.45, 7) is 2.86. The number of hydrogen-bond donors (Lipinski definition) is 0. The van der Waals surface area contributed by atoms with Gasteiger partial charge in [-0.3, -0.25) is 9.36 Å². The molecule has 0 bridgehead atoms. The SMILES string of the molecule is CC1CCCCN1C(=O)CSc1nnc(-c2ccc(F)cc2)n1-c1ccc(F)cc1. The van der Waals surface area contributed by atoms with Crippen LogP contribution in [0.5, 0.6) is 0 Å². The molecule has 0 radical (unpaired) electrons. The number of benzene rings is 2. The summed E-state index contributed by atoms with van der Waals surface area (Å²) in [6.07, 6.45) is 3.20. The van der Waals surface area contributed by atoms with Crippen molar-refractivity contribution in [2.75, 3.05) is 12.3 Å². The molecular formula is C22H22F2N4OS. The molecule has 3 aromatic rings. The van der Waals surface area contributed by atoms with Gasteiger partial charge in [-0.1, -0.05) is 11.8 Å². The van der Waals surface area contributed by atoms with E-state index in [0.29, 0.717) is 22.2 Å². The molecular weight excluding hydrogens is 406 g/mol. The van der Waals surface area contributed by atoms with Crippen LogP contribution in [0.15, 0.2) is 53.7 Å². The number of thioether (sulfide) groups is 1. The highest BCUT2D eigenvalue weighted by atomic mass is 32.2. The fourth-order valence-corrected chi connectivity index (χ4v) is 4.49. The molecule has 0 N–H and O–H groups in total. The summed E-state index contributed by atoms with van der Waals surface area (Å²) in [6, 6.07) is 12.2. The van der Waals surface area contributed by atoms with Gasteiger partial charge in [-0.15, -0.1) is 10.2 Å². The Kier molecular flexibility index (Phi) is 6.13. The molecule has 30 heavy (non-hydrogen) atoms. The Labute approximate surface area is 178 Å². The summed E-state index contributed by atoms with van der Waals surface area (Å²) in [5.41, 5.74) is 1.35. The molecule has 0 saturated carbocycles. The number of piperidine rings is 1. The fraction of sp³-hybridized carbons (Fsp3) is 0.318. The van der Waals surface area contributed by atoms with E-state index < -0.39 is 0 Å². The van der Waals surface area contributed by atoms with E-state index >= 15 is 0 Å². The van der Waals surface area contributed by atoms with E-state index in [1.807, 2.05) is 4.90 Å². The third-order valence-corrected chi connectivity index (χ3v) is 6.18. The predicted molar refractivity (Wildman–Crippen MR) is 112 cm³/mol. The number of rotatable bonds is 5. The van der Waals surface area contributed by atoms with Crippen molar-refractivity contribution >= 4 is 17.7 Å². The Bertz CT molecular complexity index is 1020. The van der Waals surface area contributed by atoms with Crippen LogP contribution < -0.4 is 0 Å². The van der Waals surface area contributed by atoms with Gasteiger partial charge in [0.1, 0.15) is 11.6 Å². The molecule has 0 aliphatic carbocycles. The number of nitrogens with zero attached hydrogens (tertiary/aromatic N) is 4. The summed E-state index contributed by atoms with van der Waals surface area (Å²) >= 11 is 1.30. The molecule has 156 valence electrons. The number of carbonyl (C=O) groups excluding carboxylic acids is 1. The minimum absolute atomic E-state index is 0.0733. The largest absolute Gasteiger partial charge is 0.339 e. The second-order valence-electron chi connectivity index (χ2n) is 7.35. The monoisotopic (exact) mass is 428 g/mol. The topological polar surface area (TPSA) is 51.0 Å². The summed E-state index contributed by atoms with van der Waals surface area (Å²) in [7, 11) is 0. The summed E-state index contributed by atoms with van der Waals surface area (Å²) in [4.78, 5) is 14.7. The second kappa shape index (κ2) is 8.95. The van der Waals surface area contributed by atoms with Crippen LogP contribution in [-0.2, 0) is 4.79 Å². The van der Waals surface area contributed by atoms with Crippen LogP contribution >= 0.6 is 11.8 Å². The van der Waals surface area contributed by atoms with Gasteiger partial charge in [0.2, 0.25) is 5.91 Å². The highest BCUT2D eigenvalue weighted by Gasteiger charge is 2.24. The van der Waals surface area contributed by atoms with Crippen LogP contribution in [0.4, 0.5) is 8.78 Å². The summed E-state index contributed by atoms with van der Waals surface area (Å²) < 4.78 is 28.6. The first-order valence-corrected chi connectivity index (χ1v) is 10.9. The van der Waals surface area contributed by atoms with Crippen molar-refractivity contribution < 1.29 is 13.6 Å². The first kappa shape index (κ1) is 20.5. The summed E-state index contributed by atoms with van der Waals surface area (Å²) in [5, 5.41) is 9.07. The van der Waals surface area contributed by atoms with Crippen LogP contribution in [0.25, 0.3) is 17.1 Å². The number of halogens is 2. The van der Waals surface area contributed by atoms with Crippen molar-refractivity contribution in [3.05, 3.63) is 60.2 Å². The molecule has 1 unspecified atom stereocenters. The lowest BCUT2D eigenvalue weighted by atomic mass is 10.0. The molecule has 5 nitrogen and oxygen atoms in total. The number of amides is 1. The third kappa shape index (κ3) is 4.38. The van der Waals surface area contributed by atoms with E-state index in [-0.39, 0.29) is 29.3 Å². The lowest BCUT2D eigenvalue weighted by Gasteiger charge is -2.33. The molecule has 1 fully saturated rings. The highest BCUT2D eigenvalue weighted by Crippen LogP contribution is 2.29. The lowest BCUT2D eigenvalue weighted by molar-refractivity contribution is -0.131. The molecule has 1 aliphatic heterocycles. The molecule has 0 spiro atoms. The molecule has 1 aliphatic rings.